The number of benzene rings is 1. The summed E-state index contributed by atoms with van der Waals surface area (Å²) in [7, 11) is 0. The lowest BCUT2D eigenvalue weighted by atomic mass is 10.1. The van der Waals surface area contributed by atoms with Gasteiger partial charge in [-0.2, -0.15) is 5.10 Å². The van der Waals surface area contributed by atoms with Crippen molar-refractivity contribution >= 4 is 11.3 Å². The zero-order valence-electron chi connectivity index (χ0n) is 10.6. The molecule has 7 heteroatoms. The Morgan fingerprint density at radius 1 is 1.35 bits per heavy atom. The quantitative estimate of drug-likeness (QED) is 0.678. The average Bonchev–Trinajstić information content (AvgIpc) is 2.82. The maximum absolute atomic E-state index is 11.3. The number of H-pyrrole nitrogens is 1. The predicted octanol–water partition coefficient (Wildman–Crippen LogP) is 0.621. The predicted molar refractivity (Wildman–Crippen MR) is 73.7 cm³/mol. The molecule has 3 N–H and O–H groups in total. The van der Waals surface area contributed by atoms with Gasteiger partial charge in [0.2, 0.25) is 5.88 Å². The number of ether oxygens (including phenoxy) is 1. The summed E-state index contributed by atoms with van der Waals surface area (Å²) in [5.74, 6) is 0.422. The maximum atomic E-state index is 11.3. The lowest BCUT2D eigenvalue weighted by Gasteiger charge is -2.07. The highest BCUT2D eigenvalue weighted by molar-refractivity contribution is 5.46. The largest absolute Gasteiger partial charge is 0.477 e. The van der Waals surface area contributed by atoms with Gasteiger partial charge in [-0.15, -0.1) is 0 Å². The van der Waals surface area contributed by atoms with Crippen LogP contribution < -0.4 is 16.2 Å². The Morgan fingerprint density at radius 3 is 3.05 bits per heavy atom. The van der Waals surface area contributed by atoms with Crippen LogP contribution in [0.15, 0.2) is 41.5 Å². The van der Waals surface area contributed by atoms with Gasteiger partial charge < -0.3 is 10.5 Å². The van der Waals surface area contributed by atoms with Gasteiger partial charge in [-0.25, -0.2) is 19.3 Å². The van der Waals surface area contributed by atoms with E-state index in [2.05, 4.69) is 15.2 Å². The molecule has 0 aliphatic rings. The molecule has 7 nitrogen and oxygen atoms in total. The van der Waals surface area contributed by atoms with E-state index < -0.39 is 0 Å². The van der Waals surface area contributed by atoms with Crippen molar-refractivity contribution in [1.82, 2.24) is 19.6 Å². The molecule has 0 atom stereocenters. The van der Waals surface area contributed by atoms with Gasteiger partial charge in [0.15, 0.2) is 5.65 Å². The van der Waals surface area contributed by atoms with Crippen molar-refractivity contribution in [3.63, 3.8) is 0 Å². The summed E-state index contributed by atoms with van der Waals surface area (Å²) in [6.07, 6.45) is 2.07. The minimum absolute atomic E-state index is 0.323. The SMILES string of the molecule is Nc1ccccc1CCOc1cc2n[nH]c(=O)n2cn1. The third kappa shape index (κ3) is 2.33. The maximum Gasteiger partial charge on any atom is 0.348 e. The molecule has 0 saturated carbocycles. The molecule has 0 radical (unpaired) electrons. The van der Waals surface area contributed by atoms with E-state index in [1.165, 1.54) is 10.7 Å². The molecule has 2 aromatic heterocycles. The van der Waals surface area contributed by atoms with Gasteiger partial charge >= 0.3 is 5.69 Å². The molecule has 3 aromatic rings. The van der Waals surface area contributed by atoms with Crippen molar-refractivity contribution in [3.8, 4) is 5.88 Å². The fourth-order valence-corrected chi connectivity index (χ4v) is 1.90. The number of fused-ring (bicyclic) bond motifs is 1. The van der Waals surface area contributed by atoms with Gasteiger partial charge in [0.1, 0.15) is 6.33 Å². The number of nitrogens with two attached hydrogens (primary N) is 1. The summed E-state index contributed by atoms with van der Waals surface area (Å²) >= 11 is 0. The highest BCUT2D eigenvalue weighted by Crippen LogP contribution is 2.12. The second kappa shape index (κ2) is 5.04. The zero-order chi connectivity index (χ0) is 13.9. The first-order chi connectivity index (χ1) is 9.74. The standard InChI is InChI=1S/C13H13N5O2/c14-10-4-2-1-3-9(10)5-6-20-12-7-11-16-17-13(19)18(11)8-15-12/h1-4,7-8H,5-6,14H2,(H,17,19). The number of anilines is 1. The highest BCUT2D eigenvalue weighted by atomic mass is 16.5. The van der Waals surface area contributed by atoms with Crippen molar-refractivity contribution in [1.29, 1.82) is 0 Å². The van der Waals surface area contributed by atoms with E-state index >= 15 is 0 Å². The first-order valence-electron chi connectivity index (χ1n) is 6.13. The zero-order valence-corrected chi connectivity index (χ0v) is 10.6. The third-order valence-corrected chi connectivity index (χ3v) is 2.96. The summed E-state index contributed by atoms with van der Waals surface area (Å²) in [5.41, 5.74) is 7.78. The minimum atomic E-state index is -0.323. The minimum Gasteiger partial charge on any atom is -0.477 e. The molecular weight excluding hydrogens is 258 g/mol. The van der Waals surface area contributed by atoms with E-state index in [4.69, 9.17) is 10.5 Å². The first kappa shape index (κ1) is 12.2. The molecule has 20 heavy (non-hydrogen) atoms. The molecule has 0 fully saturated rings. The van der Waals surface area contributed by atoms with Crippen molar-refractivity contribution in [2.75, 3.05) is 12.3 Å². The molecule has 0 unspecified atom stereocenters. The van der Waals surface area contributed by atoms with Crippen LogP contribution in [-0.2, 0) is 6.42 Å². The Bertz CT molecular complexity index is 793. The summed E-state index contributed by atoms with van der Waals surface area (Å²) in [5, 5.41) is 6.18. The molecule has 0 bridgehead atoms. The van der Waals surface area contributed by atoms with Crippen LogP contribution in [0, 0.1) is 0 Å². The van der Waals surface area contributed by atoms with Crippen LogP contribution in [0.4, 0.5) is 5.69 Å². The smallest absolute Gasteiger partial charge is 0.348 e. The van der Waals surface area contributed by atoms with Crippen molar-refractivity contribution < 1.29 is 4.74 Å². The van der Waals surface area contributed by atoms with E-state index in [9.17, 15) is 4.79 Å². The normalized spacial score (nSPS) is 10.8. The topological polar surface area (TPSA) is 98.3 Å². The molecule has 0 saturated heterocycles. The number of hydrogen-bond acceptors (Lipinski definition) is 5. The van der Waals surface area contributed by atoms with E-state index in [1.807, 2.05) is 24.3 Å². The van der Waals surface area contributed by atoms with E-state index in [0.717, 1.165) is 11.3 Å². The van der Waals surface area contributed by atoms with Gasteiger partial charge in [-0.1, -0.05) is 18.2 Å². The molecule has 0 aliphatic carbocycles. The fourth-order valence-electron chi connectivity index (χ4n) is 1.90. The van der Waals surface area contributed by atoms with Crippen LogP contribution >= 0.6 is 0 Å². The van der Waals surface area contributed by atoms with E-state index in [1.54, 1.807) is 6.07 Å². The molecular formula is C13H13N5O2. The summed E-state index contributed by atoms with van der Waals surface area (Å²) in [4.78, 5) is 15.3. The lowest BCUT2D eigenvalue weighted by Crippen LogP contribution is -2.10. The van der Waals surface area contributed by atoms with Crippen molar-refractivity contribution in [2.45, 2.75) is 6.42 Å². The monoisotopic (exact) mass is 271 g/mol. The Hall–Kier alpha value is -2.83. The van der Waals surface area contributed by atoms with Gasteiger partial charge in [0, 0.05) is 18.2 Å². The average molecular weight is 271 g/mol. The number of aromatic amines is 1. The second-order valence-corrected chi connectivity index (χ2v) is 4.28. The third-order valence-electron chi connectivity index (χ3n) is 2.96. The number of para-hydroxylation sites is 1. The Labute approximate surface area is 114 Å². The molecule has 1 aromatic carbocycles. The van der Waals surface area contributed by atoms with Crippen molar-refractivity contribution in [3.05, 3.63) is 52.7 Å². The molecule has 0 spiro atoms. The van der Waals surface area contributed by atoms with Crippen LogP contribution in [-0.4, -0.2) is 26.2 Å². The number of nitrogen functional groups attached to an aromatic ring is 1. The number of aromatic nitrogens is 4. The molecule has 0 amide bonds. The Balaban J connectivity index is 1.68. The second-order valence-electron chi connectivity index (χ2n) is 4.28. The fraction of sp³-hybridized carbons (Fsp3) is 0.154. The Morgan fingerprint density at radius 2 is 2.20 bits per heavy atom. The number of nitrogens with zero attached hydrogens (tertiary/aromatic N) is 3. The van der Waals surface area contributed by atoms with Crippen LogP contribution in [0.2, 0.25) is 0 Å². The van der Waals surface area contributed by atoms with E-state index in [0.29, 0.717) is 24.6 Å². The van der Waals surface area contributed by atoms with Gasteiger partial charge in [0.05, 0.1) is 6.61 Å². The van der Waals surface area contributed by atoms with Gasteiger partial charge in [-0.05, 0) is 11.6 Å². The molecule has 2 heterocycles. The molecule has 3 rings (SSSR count). The van der Waals surface area contributed by atoms with Crippen LogP contribution in [0.25, 0.3) is 5.65 Å². The van der Waals surface area contributed by atoms with Crippen LogP contribution in [0.3, 0.4) is 0 Å². The number of hydrogen-bond donors (Lipinski definition) is 2. The summed E-state index contributed by atoms with van der Waals surface area (Å²) < 4.78 is 6.85. The van der Waals surface area contributed by atoms with Crippen LogP contribution in [0.5, 0.6) is 5.88 Å². The van der Waals surface area contributed by atoms with Crippen LogP contribution in [0.1, 0.15) is 5.56 Å². The van der Waals surface area contributed by atoms with Gasteiger partial charge in [-0.3, -0.25) is 0 Å². The molecule has 0 aliphatic heterocycles. The van der Waals surface area contributed by atoms with Gasteiger partial charge in [0.25, 0.3) is 0 Å². The summed E-state index contributed by atoms with van der Waals surface area (Å²) in [6.45, 7) is 0.450. The summed E-state index contributed by atoms with van der Waals surface area (Å²) in [6, 6.07) is 9.25. The highest BCUT2D eigenvalue weighted by Gasteiger charge is 2.04. The molecule has 102 valence electrons. The lowest BCUT2D eigenvalue weighted by molar-refractivity contribution is 0.309. The number of nitrogens with one attached hydrogen (secondary N) is 1. The van der Waals surface area contributed by atoms with E-state index in [-0.39, 0.29) is 5.69 Å². The van der Waals surface area contributed by atoms with Crippen molar-refractivity contribution in [2.24, 2.45) is 0 Å². The Kier molecular flexibility index (Phi) is 3.08. The number of rotatable bonds is 4. The first-order valence-corrected chi connectivity index (χ1v) is 6.13.